The highest BCUT2D eigenvalue weighted by Gasteiger charge is 2.23. The van der Waals surface area contributed by atoms with Crippen molar-refractivity contribution in [3.8, 4) is 0 Å². The number of sulfonamides is 1. The van der Waals surface area contributed by atoms with Crippen molar-refractivity contribution < 1.29 is 13.2 Å². The van der Waals surface area contributed by atoms with Crippen molar-refractivity contribution >= 4 is 10.0 Å². The molecule has 21 heavy (non-hydrogen) atoms. The van der Waals surface area contributed by atoms with Crippen LogP contribution in [-0.4, -0.2) is 45.4 Å². The van der Waals surface area contributed by atoms with Crippen LogP contribution in [0.1, 0.15) is 31.7 Å². The molecule has 1 aromatic rings. The highest BCUT2D eigenvalue weighted by atomic mass is 32.2. The Hall–Kier alpha value is -0.960. The maximum Gasteiger partial charge on any atom is 0.244 e. The van der Waals surface area contributed by atoms with Crippen LogP contribution in [-0.2, 0) is 21.3 Å². The molecule has 0 fully saturated rings. The van der Waals surface area contributed by atoms with Gasteiger partial charge in [0.15, 0.2) is 0 Å². The van der Waals surface area contributed by atoms with Gasteiger partial charge in [-0.15, -0.1) is 0 Å². The van der Waals surface area contributed by atoms with Gasteiger partial charge < -0.3 is 10.1 Å². The number of aromatic nitrogens is 2. The molecule has 0 saturated heterocycles. The van der Waals surface area contributed by atoms with Crippen LogP contribution in [0.4, 0.5) is 0 Å². The first-order valence-electron chi connectivity index (χ1n) is 7.14. The first-order chi connectivity index (χ1) is 9.88. The quantitative estimate of drug-likeness (QED) is 0.554. The lowest BCUT2D eigenvalue weighted by Crippen LogP contribution is -2.27. The standard InChI is InChI=1S/C13H26N4O3S/c1-10(2)9-20-7-5-6-15-21(18,19)13-11(3)16-17-12(13)8-14-4/h10,14-15H,5-9H2,1-4H3,(H,16,17). The van der Waals surface area contributed by atoms with Crippen molar-refractivity contribution in [2.45, 2.75) is 38.6 Å². The van der Waals surface area contributed by atoms with Crippen LogP contribution >= 0.6 is 0 Å². The zero-order chi connectivity index (χ0) is 15.9. The van der Waals surface area contributed by atoms with Crippen LogP contribution in [0, 0.1) is 12.8 Å². The van der Waals surface area contributed by atoms with Crippen LogP contribution in [0.15, 0.2) is 4.90 Å². The molecule has 0 saturated carbocycles. The Labute approximate surface area is 126 Å². The predicted octanol–water partition coefficient (Wildman–Crippen LogP) is 0.779. The molecule has 122 valence electrons. The largest absolute Gasteiger partial charge is 0.381 e. The smallest absolute Gasteiger partial charge is 0.244 e. The fraction of sp³-hybridized carbons (Fsp3) is 0.769. The first kappa shape index (κ1) is 18.1. The van der Waals surface area contributed by atoms with Crippen molar-refractivity contribution in [1.29, 1.82) is 0 Å². The fourth-order valence-electron chi connectivity index (χ4n) is 1.89. The van der Waals surface area contributed by atoms with Gasteiger partial charge in [-0.05, 0) is 26.3 Å². The molecule has 0 unspecified atom stereocenters. The highest BCUT2D eigenvalue weighted by Crippen LogP contribution is 2.17. The lowest BCUT2D eigenvalue weighted by molar-refractivity contribution is 0.108. The minimum Gasteiger partial charge on any atom is -0.381 e. The second-order valence-corrected chi connectivity index (χ2v) is 7.08. The highest BCUT2D eigenvalue weighted by molar-refractivity contribution is 7.89. The van der Waals surface area contributed by atoms with Gasteiger partial charge in [-0.1, -0.05) is 13.8 Å². The number of hydrogen-bond acceptors (Lipinski definition) is 5. The SMILES string of the molecule is CNCc1n[nH]c(C)c1S(=O)(=O)NCCCOCC(C)C. The summed E-state index contributed by atoms with van der Waals surface area (Å²) in [6.07, 6.45) is 0.643. The lowest BCUT2D eigenvalue weighted by atomic mass is 10.2. The zero-order valence-corrected chi connectivity index (χ0v) is 14.0. The van der Waals surface area contributed by atoms with Crippen molar-refractivity contribution in [3.05, 3.63) is 11.4 Å². The number of hydrogen-bond donors (Lipinski definition) is 3. The van der Waals surface area contributed by atoms with Gasteiger partial charge in [-0.25, -0.2) is 13.1 Å². The van der Waals surface area contributed by atoms with Gasteiger partial charge in [0, 0.05) is 26.3 Å². The van der Waals surface area contributed by atoms with Crippen LogP contribution in [0.5, 0.6) is 0 Å². The van der Waals surface area contributed by atoms with E-state index >= 15 is 0 Å². The number of rotatable bonds is 10. The second-order valence-electron chi connectivity index (χ2n) is 5.37. The molecule has 3 N–H and O–H groups in total. The number of H-pyrrole nitrogens is 1. The minimum absolute atomic E-state index is 0.236. The first-order valence-corrected chi connectivity index (χ1v) is 8.62. The van der Waals surface area contributed by atoms with Gasteiger partial charge >= 0.3 is 0 Å². The third kappa shape index (κ3) is 5.74. The van der Waals surface area contributed by atoms with E-state index in [9.17, 15) is 8.42 Å². The Bertz CT molecular complexity index is 526. The van der Waals surface area contributed by atoms with Crippen LogP contribution in [0.2, 0.25) is 0 Å². The molecule has 0 radical (unpaired) electrons. The van der Waals surface area contributed by atoms with E-state index in [0.29, 0.717) is 50.0 Å². The van der Waals surface area contributed by atoms with Crippen LogP contribution in [0.25, 0.3) is 0 Å². The van der Waals surface area contributed by atoms with E-state index in [1.807, 2.05) is 0 Å². The monoisotopic (exact) mass is 318 g/mol. The van der Waals surface area contributed by atoms with E-state index in [1.165, 1.54) is 0 Å². The Morgan fingerprint density at radius 3 is 2.71 bits per heavy atom. The summed E-state index contributed by atoms with van der Waals surface area (Å²) in [5, 5.41) is 9.64. The van der Waals surface area contributed by atoms with Gasteiger partial charge in [-0.3, -0.25) is 5.10 Å². The fourth-order valence-corrected chi connectivity index (χ4v) is 3.32. The third-order valence-corrected chi connectivity index (χ3v) is 4.45. The summed E-state index contributed by atoms with van der Waals surface area (Å²) in [4.78, 5) is 0.236. The second kappa shape index (κ2) is 8.47. The Morgan fingerprint density at radius 1 is 1.38 bits per heavy atom. The summed E-state index contributed by atoms with van der Waals surface area (Å²) in [7, 11) is -1.79. The summed E-state index contributed by atoms with van der Waals surface area (Å²) < 4.78 is 32.6. The molecule has 0 amide bonds. The Kier molecular flexibility index (Phi) is 7.30. The van der Waals surface area contributed by atoms with E-state index in [-0.39, 0.29) is 4.90 Å². The van der Waals surface area contributed by atoms with Crippen molar-refractivity contribution in [3.63, 3.8) is 0 Å². The molecule has 0 spiro atoms. The van der Waals surface area contributed by atoms with Gasteiger partial charge in [-0.2, -0.15) is 5.10 Å². The van der Waals surface area contributed by atoms with Crippen molar-refractivity contribution in [2.24, 2.45) is 5.92 Å². The minimum atomic E-state index is -3.54. The van der Waals surface area contributed by atoms with E-state index in [2.05, 4.69) is 34.1 Å². The molecule has 0 aliphatic rings. The Balaban J connectivity index is 2.52. The Morgan fingerprint density at radius 2 is 2.10 bits per heavy atom. The molecule has 1 heterocycles. The van der Waals surface area contributed by atoms with E-state index in [1.54, 1.807) is 14.0 Å². The van der Waals surface area contributed by atoms with Gasteiger partial charge in [0.1, 0.15) is 4.90 Å². The number of aryl methyl sites for hydroxylation is 1. The molecular weight excluding hydrogens is 292 g/mol. The topological polar surface area (TPSA) is 96.1 Å². The van der Waals surface area contributed by atoms with Crippen LogP contribution < -0.4 is 10.0 Å². The molecule has 0 atom stereocenters. The maximum absolute atomic E-state index is 12.3. The summed E-state index contributed by atoms with van der Waals surface area (Å²) in [6.45, 7) is 7.85. The summed E-state index contributed by atoms with van der Waals surface area (Å²) >= 11 is 0. The summed E-state index contributed by atoms with van der Waals surface area (Å²) in [5.74, 6) is 0.486. The van der Waals surface area contributed by atoms with Crippen molar-refractivity contribution in [1.82, 2.24) is 20.2 Å². The molecular formula is C13H26N4O3S. The molecule has 7 nitrogen and oxygen atoms in total. The zero-order valence-electron chi connectivity index (χ0n) is 13.2. The van der Waals surface area contributed by atoms with E-state index < -0.39 is 10.0 Å². The van der Waals surface area contributed by atoms with Gasteiger partial charge in [0.05, 0.1) is 11.4 Å². The van der Waals surface area contributed by atoms with Gasteiger partial charge in [0.25, 0.3) is 0 Å². The number of ether oxygens (including phenoxy) is 1. The summed E-state index contributed by atoms with van der Waals surface area (Å²) in [5.41, 5.74) is 1.04. The average molecular weight is 318 g/mol. The predicted molar refractivity (Wildman–Crippen MR) is 81.6 cm³/mol. The third-order valence-electron chi connectivity index (χ3n) is 2.78. The summed E-state index contributed by atoms with van der Waals surface area (Å²) in [6, 6.07) is 0. The molecule has 1 aromatic heterocycles. The van der Waals surface area contributed by atoms with E-state index in [0.717, 1.165) is 0 Å². The molecule has 1 rings (SSSR count). The average Bonchev–Trinajstić information content (AvgIpc) is 2.75. The molecule has 0 aliphatic heterocycles. The maximum atomic E-state index is 12.3. The van der Waals surface area contributed by atoms with E-state index in [4.69, 9.17) is 4.74 Å². The molecule has 0 aliphatic carbocycles. The lowest BCUT2D eigenvalue weighted by Gasteiger charge is -2.09. The number of nitrogens with zero attached hydrogens (tertiary/aromatic N) is 1. The normalized spacial score (nSPS) is 12.2. The van der Waals surface area contributed by atoms with Crippen molar-refractivity contribution in [2.75, 3.05) is 26.8 Å². The van der Waals surface area contributed by atoms with Crippen LogP contribution in [0.3, 0.4) is 0 Å². The van der Waals surface area contributed by atoms with Gasteiger partial charge in [0.2, 0.25) is 10.0 Å². The molecule has 0 bridgehead atoms. The number of aromatic amines is 1. The molecule has 0 aromatic carbocycles. The molecule has 8 heteroatoms. The number of nitrogens with one attached hydrogen (secondary N) is 3.